The number of hydrogen-bond acceptors (Lipinski definition) is 5. The van der Waals surface area contributed by atoms with Crippen LogP contribution in [-0.2, 0) is 10.0 Å². The van der Waals surface area contributed by atoms with Crippen LogP contribution in [0, 0.1) is 18.3 Å². The molecule has 1 N–H and O–H groups in total. The molecule has 0 saturated carbocycles. The lowest BCUT2D eigenvalue weighted by Gasteiger charge is -2.11. The molecule has 0 amide bonds. The third kappa shape index (κ3) is 3.92. The molecule has 0 spiro atoms. The summed E-state index contributed by atoms with van der Waals surface area (Å²) >= 11 is 0. The molecule has 3 rings (SSSR count). The van der Waals surface area contributed by atoms with E-state index < -0.39 is 15.9 Å². The number of fused-ring (bicyclic) bond motifs is 1. The van der Waals surface area contributed by atoms with E-state index in [2.05, 4.69) is 10.8 Å². The lowest BCUT2D eigenvalue weighted by Crippen LogP contribution is -2.25. The van der Waals surface area contributed by atoms with E-state index in [-0.39, 0.29) is 18.2 Å². The Kier molecular flexibility index (Phi) is 4.93. The number of nitrogens with one attached hydrogen (secondary N) is 1. The van der Waals surface area contributed by atoms with Gasteiger partial charge in [-0.2, -0.15) is 5.26 Å². The van der Waals surface area contributed by atoms with Crippen molar-refractivity contribution in [1.29, 1.82) is 5.26 Å². The van der Waals surface area contributed by atoms with E-state index in [4.69, 9.17) is 9.47 Å². The molecule has 2 aromatic rings. The molecule has 0 fully saturated rings. The van der Waals surface area contributed by atoms with Crippen LogP contribution >= 0.6 is 0 Å². The fourth-order valence-corrected chi connectivity index (χ4v) is 3.62. The largest absolute Gasteiger partial charge is 0.454 e. The number of hydrogen-bond donors (Lipinski definition) is 1. The Morgan fingerprint density at radius 1 is 1.16 bits per heavy atom. The summed E-state index contributed by atoms with van der Waals surface area (Å²) in [6.45, 7) is 2.24. The molecular weight excluding hydrogens is 340 g/mol. The minimum absolute atomic E-state index is 0.170. The van der Waals surface area contributed by atoms with Crippen LogP contribution in [0.15, 0.2) is 47.4 Å². The van der Waals surface area contributed by atoms with E-state index in [0.717, 1.165) is 11.1 Å². The topological polar surface area (TPSA) is 88.4 Å². The number of nitriles is 1. The van der Waals surface area contributed by atoms with Crippen molar-refractivity contribution in [1.82, 2.24) is 4.72 Å². The van der Waals surface area contributed by atoms with Gasteiger partial charge in [0.05, 0.1) is 16.9 Å². The third-order valence-electron chi connectivity index (χ3n) is 4.01. The van der Waals surface area contributed by atoms with Crippen molar-refractivity contribution in [3.63, 3.8) is 0 Å². The summed E-state index contributed by atoms with van der Waals surface area (Å²) in [6.07, 6.45) is 0.362. The molecule has 1 aliphatic heterocycles. The van der Waals surface area contributed by atoms with Crippen molar-refractivity contribution in [3.05, 3.63) is 53.6 Å². The Hall–Kier alpha value is -2.56. The summed E-state index contributed by atoms with van der Waals surface area (Å²) in [6, 6.07) is 14.2. The molecule has 130 valence electrons. The molecule has 0 aromatic heterocycles. The molecule has 25 heavy (non-hydrogen) atoms. The second-order valence-corrected chi connectivity index (χ2v) is 7.56. The van der Waals surface area contributed by atoms with Gasteiger partial charge in [0.15, 0.2) is 11.5 Å². The molecule has 0 bridgehead atoms. The van der Waals surface area contributed by atoms with Crippen LogP contribution in [0.4, 0.5) is 0 Å². The van der Waals surface area contributed by atoms with Gasteiger partial charge in [-0.25, -0.2) is 13.1 Å². The van der Waals surface area contributed by atoms with E-state index in [1.807, 2.05) is 6.92 Å². The Bertz CT molecular complexity index is 902. The van der Waals surface area contributed by atoms with E-state index in [1.54, 1.807) is 42.5 Å². The van der Waals surface area contributed by atoms with Gasteiger partial charge in [-0.05, 0) is 43.2 Å². The molecule has 0 radical (unpaired) electrons. The first-order valence-electron chi connectivity index (χ1n) is 7.85. The minimum atomic E-state index is -3.58. The fourth-order valence-electron chi connectivity index (χ4n) is 2.57. The summed E-state index contributed by atoms with van der Waals surface area (Å²) < 4.78 is 37.7. The zero-order valence-corrected chi connectivity index (χ0v) is 14.5. The van der Waals surface area contributed by atoms with Gasteiger partial charge in [0, 0.05) is 6.54 Å². The van der Waals surface area contributed by atoms with E-state index in [9.17, 15) is 13.7 Å². The van der Waals surface area contributed by atoms with E-state index in [1.165, 1.54) is 0 Å². The smallest absolute Gasteiger partial charge is 0.240 e. The second-order valence-electron chi connectivity index (χ2n) is 5.79. The average molecular weight is 358 g/mol. The van der Waals surface area contributed by atoms with Crippen molar-refractivity contribution in [2.45, 2.75) is 24.2 Å². The van der Waals surface area contributed by atoms with Gasteiger partial charge in [0.1, 0.15) is 0 Å². The predicted octanol–water partition coefficient (Wildman–Crippen LogP) is 2.70. The van der Waals surface area contributed by atoms with Gasteiger partial charge in [-0.1, -0.05) is 23.8 Å². The van der Waals surface area contributed by atoms with Crippen LogP contribution in [0.5, 0.6) is 11.5 Å². The van der Waals surface area contributed by atoms with Crippen molar-refractivity contribution in [3.8, 4) is 17.6 Å². The highest BCUT2D eigenvalue weighted by molar-refractivity contribution is 7.89. The number of rotatable bonds is 6. The highest BCUT2D eigenvalue weighted by atomic mass is 32.2. The molecule has 0 unspecified atom stereocenters. The Morgan fingerprint density at radius 3 is 2.60 bits per heavy atom. The number of sulfonamides is 1. The van der Waals surface area contributed by atoms with Crippen molar-refractivity contribution >= 4 is 10.0 Å². The van der Waals surface area contributed by atoms with Crippen LogP contribution in [-0.4, -0.2) is 21.8 Å². The molecular formula is C18H18N2O4S. The zero-order chi connectivity index (χ0) is 17.9. The van der Waals surface area contributed by atoms with Crippen LogP contribution in [0.1, 0.15) is 23.5 Å². The molecule has 1 atom stereocenters. The lowest BCUT2D eigenvalue weighted by atomic mass is 9.97. The summed E-state index contributed by atoms with van der Waals surface area (Å²) in [5, 5.41) is 9.41. The molecule has 2 aromatic carbocycles. The monoisotopic (exact) mass is 358 g/mol. The minimum Gasteiger partial charge on any atom is -0.454 e. The van der Waals surface area contributed by atoms with Gasteiger partial charge in [0.25, 0.3) is 0 Å². The van der Waals surface area contributed by atoms with Crippen LogP contribution < -0.4 is 14.2 Å². The highest BCUT2D eigenvalue weighted by Gasteiger charge is 2.19. The maximum atomic E-state index is 12.3. The summed E-state index contributed by atoms with van der Waals surface area (Å²) in [4.78, 5) is 0.217. The molecule has 6 nitrogen and oxygen atoms in total. The number of aryl methyl sites for hydroxylation is 1. The van der Waals surface area contributed by atoms with Crippen molar-refractivity contribution in [2.75, 3.05) is 13.3 Å². The standard InChI is InChI=1S/C18H18N2O4S/c1-13-2-5-16(6-3-13)25(21,22)20-9-8-15(11-19)14-4-7-17-18(10-14)24-12-23-17/h2-7,10,15,20H,8-9,12H2,1H3/t15-/m1/s1. The summed E-state index contributed by atoms with van der Waals surface area (Å²) in [5.74, 6) is 0.828. The molecule has 1 aliphatic rings. The Morgan fingerprint density at radius 2 is 1.88 bits per heavy atom. The van der Waals surface area contributed by atoms with Gasteiger partial charge in [-0.3, -0.25) is 0 Å². The Balaban J connectivity index is 1.64. The SMILES string of the molecule is Cc1ccc(S(=O)(=O)NCC[C@H](C#N)c2ccc3c(c2)OCO3)cc1. The van der Waals surface area contributed by atoms with Crippen LogP contribution in [0.25, 0.3) is 0 Å². The third-order valence-corrected chi connectivity index (χ3v) is 5.49. The normalized spacial score (nSPS) is 14.1. The number of nitrogens with zero attached hydrogens (tertiary/aromatic N) is 1. The second kappa shape index (κ2) is 7.13. The van der Waals surface area contributed by atoms with Gasteiger partial charge >= 0.3 is 0 Å². The van der Waals surface area contributed by atoms with E-state index in [0.29, 0.717) is 17.9 Å². The fraction of sp³-hybridized carbons (Fsp3) is 0.278. The molecule has 1 heterocycles. The predicted molar refractivity (Wildman–Crippen MR) is 91.9 cm³/mol. The van der Waals surface area contributed by atoms with Gasteiger partial charge in [0.2, 0.25) is 16.8 Å². The average Bonchev–Trinajstić information content (AvgIpc) is 3.07. The first-order chi connectivity index (χ1) is 12.0. The van der Waals surface area contributed by atoms with Crippen molar-refractivity contribution in [2.24, 2.45) is 0 Å². The number of benzene rings is 2. The summed E-state index contributed by atoms with van der Waals surface area (Å²) in [5.41, 5.74) is 1.77. The van der Waals surface area contributed by atoms with E-state index >= 15 is 0 Å². The van der Waals surface area contributed by atoms with Crippen LogP contribution in [0.2, 0.25) is 0 Å². The first kappa shape index (κ1) is 17.3. The molecule has 0 saturated heterocycles. The lowest BCUT2D eigenvalue weighted by molar-refractivity contribution is 0.174. The maximum absolute atomic E-state index is 12.3. The maximum Gasteiger partial charge on any atom is 0.240 e. The first-order valence-corrected chi connectivity index (χ1v) is 9.33. The van der Waals surface area contributed by atoms with Gasteiger partial charge in [-0.15, -0.1) is 0 Å². The van der Waals surface area contributed by atoms with Crippen molar-refractivity contribution < 1.29 is 17.9 Å². The number of ether oxygens (including phenoxy) is 2. The summed E-state index contributed by atoms with van der Waals surface area (Å²) in [7, 11) is -3.58. The zero-order valence-electron chi connectivity index (χ0n) is 13.7. The quantitative estimate of drug-likeness (QED) is 0.858. The molecule has 7 heteroatoms. The Labute approximate surface area is 147 Å². The van der Waals surface area contributed by atoms with Gasteiger partial charge < -0.3 is 9.47 Å². The highest BCUT2D eigenvalue weighted by Crippen LogP contribution is 2.35. The molecule has 0 aliphatic carbocycles. The van der Waals surface area contributed by atoms with Crippen LogP contribution in [0.3, 0.4) is 0 Å².